The van der Waals surface area contributed by atoms with E-state index in [9.17, 15) is 9.59 Å². The lowest BCUT2D eigenvalue weighted by atomic mass is 9.86. The van der Waals surface area contributed by atoms with Crippen LogP contribution in [0.3, 0.4) is 0 Å². The summed E-state index contributed by atoms with van der Waals surface area (Å²) in [4.78, 5) is 27.2. The van der Waals surface area contributed by atoms with Gasteiger partial charge in [0.05, 0.1) is 11.5 Å². The second kappa shape index (κ2) is 6.27. The second-order valence-corrected chi connectivity index (χ2v) is 7.74. The molecular weight excluding hydrogens is 324 g/mol. The lowest BCUT2D eigenvalue weighted by molar-refractivity contribution is -0.126. The van der Waals surface area contributed by atoms with Crippen molar-refractivity contribution in [2.24, 2.45) is 0 Å². The van der Waals surface area contributed by atoms with E-state index in [0.717, 1.165) is 30.5 Å². The Morgan fingerprint density at radius 3 is 2.73 bits per heavy atom. The summed E-state index contributed by atoms with van der Waals surface area (Å²) >= 11 is 0. The number of fused-ring (bicyclic) bond motifs is 2. The van der Waals surface area contributed by atoms with E-state index in [2.05, 4.69) is 17.4 Å². The molecule has 1 heterocycles. The van der Waals surface area contributed by atoms with Crippen LogP contribution in [0, 0.1) is 0 Å². The van der Waals surface area contributed by atoms with Crippen molar-refractivity contribution in [1.29, 1.82) is 0 Å². The fraction of sp³-hybridized carbons (Fsp3) is 0.364. The molecule has 0 bridgehead atoms. The number of carbonyl (C=O) groups excluding carboxylic acids is 2. The van der Waals surface area contributed by atoms with Gasteiger partial charge in [0.2, 0.25) is 11.8 Å². The largest absolute Gasteiger partial charge is 0.348 e. The summed E-state index contributed by atoms with van der Waals surface area (Å²) in [6.07, 6.45) is 3.08. The van der Waals surface area contributed by atoms with Crippen LogP contribution in [-0.2, 0) is 21.4 Å². The third-order valence-corrected chi connectivity index (χ3v) is 5.65. The van der Waals surface area contributed by atoms with Gasteiger partial charge in [-0.3, -0.25) is 9.59 Å². The molecular formula is C22H24N2O2. The number of benzene rings is 2. The Morgan fingerprint density at radius 1 is 1.15 bits per heavy atom. The van der Waals surface area contributed by atoms with Gasteiger partial charge in [-0.25, -0.2) is 0 Å². The van der Waals surface area contributed by atoms with Crippen molar-refractivity contribution in [2.75, 3.05) is 11.4 Å². The zero-order valence-electron chi connectivity index (χ0n) is 15.3. The maximum absolute atomic E-state index is 12.9. The Morgan fingerprint density at radius 2 is 1.88 bits per heavy atom. The van der Waals surface area contributed by atoms with E-state index >= 15 is 0 Å². The number of rotatable bonds is 3. The first-order valence-corrected chi connectivity index (χ1v) is 9.27. The van der Waals surface area contributed by atoms with E-state index < -0.39 is 5.41 Å². The fourth-order valence-electron chi connectivity index (χ4n) is 4.24. The summed E-state index contributed by atoms with van der Waals surface area (Å²) < 4.78 is 0. The van der Waals surface area contributed by atoms with E-state index in [1.807, 2.05) is 50.2 Å². The molecule has 2 aliphatic rings. The monoisotopic (exact) mass is 348 g/mol. The van der Waals surface area contributed by atoms with Gasteiger partial charge in [-0.05, 0) is 55.9 Å². The van der Waals surface area contributed by atoms with Crippen molar-refractivity contribution in [2.45, 2.75) is 44.6 Å². The zero-order valence-corrected chi connectivity index (χ0v) is 15.3. The predicted molar refractivity (Wildman–Crippen MR) is 102 cm³/mol. The summed E-state index contributed by atoms with van der Waals surface area (Å²) in [5.41, 5.74) is 3.77. The van der Waals surface area contributed by atoms with Crippen LogP contribution < -0.4 is 10.2 Å². The smallest absolute Gasteiger partial charge is 0.240 e. The molecule has 0 saturated carbocycles. The molecule has 1 aliphatic carbocycles. The Bertz CT molecular complexity index is 872. The highest BCUT2D eigenvalue weighted by molar-refractivity contribution is 6.10. The van der Waals surface area contributed by atoms with Crippen molar-refractivity contribution < 1.29 is 9.59 Å². The van der Waals surface area contributed by atoms with Crippen LogP contribution >= 0.6 is 0 Å². The Labute approximate surface area is 154 Å². The van der Waals surface area contributed by atoms with Gasteiger partial charge in [-0.2, -0.15) is 0 Å². The zero-order chi connectivity index (χ0) is 18.3. The van der Waals surface area contributed by atoms with Crippen LogP contribution in [0.4, 0.5) is 5.69 Å². The molecule has 2 aromatic rings. The molecule has 4 heteroatoms. The van der Waals surface area contributed by atoms with Crippen LogP contribution in [0.1, 0.15) is 49.4 Å². The summed E-state index contributed by atoms with van der Waals surface area (Å²) in [6.45, 7) is 3.91. The van der Waals surface area contributed by atoms with Crippen LogP contribution in [0.5, 0.6) is 0 Å². The quantitative estimate of drug-likeness (QED) is 0.923. The molecule has 1 N–H and O–H groups in total. The lowest BCUT2D eigenvalue weighted by Crippen LogP contribution is -2.44. The molecule has 4 rings (SSSR count). The number of anilines is 1. The van der Waals surface area contributed by atoms with Gasteiger partial charge in [0, 0.05) is 5.69 Å². The highest BCUT2D eigenvalue weighted by Crippen LogP contribution is 2.41. The van der Waals surface area contributed by atoms with Gasteiger partial charge < -0.3 is 10.2 Å². The average Bonchev–Trinajstić information content (AvgIpc) is 2.83. The van der Waals surface area contributed by atoms with Crippen LogP contribution in [0.25, 0.3) is 0 Å². The van der Waals surface area contributed by atoms with Gasteiger partial charge in [0.15, 0.2) is 0 Å². The minimum absolute atomic E-state index is 0.0158. The van der Waals surface area contributed by atoms with Gasteiger partial charge in [0.1, 0.15) is 6.54 Å². The van der Waals surface area contributed by atoms with E-state index in [1.165, 1.54) is 11.1 Å². The second-order valence-electron chi connectivity index (χ2n) is 7.74. The first kappa shape index (κ1) is 16.8. The summed E-state index contributed by atoms with van der Waals surface area (Å²) in [7, 11) is 0. The number of aryl methyl sites for hydroxylation is 1. The summed E-state index contributed by atoms with van der Waals surface area (Å²) in [5, 5.41) is 3.15. The van der Waals surface area contributed by atoms with Gasteiger partial charge in [0.25, 0.3) is 0 Å². The fourth-order valence-corrected chi connectivity index (χ4v) is 4.24. The molecule has 1 aliphatic heterocycles. The van der Waals surface area contributed by atoms with Crippen molar-refractivity contribution in [3.8, 4) is 0 Å². The van der Waals surface area contributed by atoms with Gasteiger partial charge in [-0.1, -0.05) is 42.5 Å². The normalized spacial score (nSPS) is 20.5. The van der Waals surface area contributed by atoms with Crippen molar-refractivity contribution in [3.05, 3.63) is 65.2 Å². The third kappa shape index (κ3) is 2.70. The summed E-state index contributed by atoms with van der Waals surface area (Å²) in [5.74, 6) is -0.120. The first-order chi connectivity index (χ1) is 12.5. The SMILES string of the molecule is CC1(C)C(=O)N(CC(=O)N[C@H]2CCCc3ccccc32)c2ccccc21. The Balaban J connectivity index is 1.52. The topological polar surface area (TPSA) is 49.4 Å². The predicted octanol–water partition coefficient (Wildman–Crippen LogP) is 3.50. The molecule has 1 atom stereocenters. The van der Waals surface area contributed by atoms with E-state index in [1.54, 1.807) is 4.90 Å². The number of para-hydroxylation sites is 1. The first-order valence-electron chi connectivity index (χ1n) is 9.27. The molecule has 0 unspecified atom stereocenters. The van der Waals surface area contributed by atoms with Gasteiger partial charge >= 0.3 is 0 Å². The van der Waals surface area contributed by atoms with Crippen molar-refractivity contribution in [3.63, 3.8) is 0 Å². The molecule has 2 amide bonds. The highest BCUT2D eigenvalue weighted by Gasteiger charge is 2.44. The van der Waals surface area contributed by atoms with Crippen molar-refractivity contribution in [1.82, 2.24) is 5.32 Å². The number of nitrogens with one attached hydrogen (secondary N) is 1. The highest BCUT2D eigenvalue weighted by atomic mass is 16.2. The number of carbonyl (C=O) groups is 2. The minimum atomic E-state index is -0.589. The number of hydrogen-bond acceptors (Lipinski definition) is 2. The molecule has 134 valence electrons. The molecule has 4 nitrogen and oxygen atoms in total. The average molecular weight is 348 g/mol. The lowest BCUT2D eigenvalue weighted by Gasteiger charge is -2.27. The van der Waals surface area contributed by atoms with Crippen molar-refractivity contribution >= 4 is 17.5 Å². The third-order valence-electron chi connectivity index (χ3n) is 5.65. The Hall–Kier alpha value is -2.62. The van der Waals surface area contributed by atoms with E-state index in [4.69, 9.17) is 0 Å². The van der Waals surface area contributed by atoms with Crippen LogP contribution in [0.15, 0.2) is 48.5 Å². The molecule has 26 heavy (non-hydrogen) atoms. The maximum atomic E-state index is 12.9. The molecule has 0 fully saturated rings. The van der Waals surface area contributed by atoms with Crippen LogP contribution in [-0.4, -0.2) is 18.4 Å². The molecule has 0 aromatic heterocycles. The number of amides is 2. The van der Waals surface area contributed by atoms with Crippen LogP contribution in [0.2, 0.25) is 0 Å². The number of hydrogen-bond donors (Lipinski definition) is 1. The molecule has 2 aromatic carbocycles. The standard InChI is InChI=1S/C22H24N2O2/c1-22(2)17-11-5-6-13-19(17)24(21(22)26)14-20(25)23-18-12-7-9-15-8-3-4-10-16(15)18/h3-6,8,10-11,13,18H,7,9,12,14H2,1-2H3,(H,23,25)/t18-/m0/s1. The summed E-state index contributed by atoms with van der Waals surface area (Å²) in [6, 6.07) is 16.1. The minimum Gasteiger partial charge on any atom is -0.348 e. The number of nitrogens with zero attached hydrogens (tertiary/aromatic N) is 1. The van der Waals surface area contributed by atoms with E-state index in [0.29, 0.717) is 0 Å². The maximum Gasteiger partial charge on any atom is 0.240 e. The molecule has 0 saturated heterocycles. The van der Waals surface area contributed by atoms with E-state index in [-0.39, 0.29) is 24.4 Å². The molecule has 0 spiro atoms. The van der Waals surface area contributed by atoms with Gasteiger partial charge in [-0.15, -0.1) is 0 Å². The Kier molecular flexibility index (Phi) is 4.06. The molecule has 0 radical (unpaired) electrons.